The summed E-state index contributed by atoms with van der Waals surface area (Å²) in [6, 6.07) is 12.4. The van der Waals surface area contributed by atoms with E-state index in [0.717, 1.165) is 22.5 Å². The van der Waals surface area contributed by atoms with Gasteiger partial charge in [-0.3, -0.25) is 4.79 Å². The minimum Gasteiger partial charge on any atom is -0.465 e. The number of methoxy groups -OCH3 is 1. The Morgan fingerprint density at radius 1 is 0.926 bits per heavy atom. The van der Waals surface area contributed by atoms with Crippen molar-refractivity contribution in [3.05, 3.63) is 70.5 Å². The number of ether oxygens (including phenoxy) is 1. The van der Waals surface area contributed by atoms with Crippen LogP contribution in [0.25, 0.3) is 11.0 Å². The first-order chi connectivity index (χ1) is 12.9. The molecule has 0 N–H and O–H groups in total. The van der Waals surface area contributed by atoms with Crippen LogP contribution in [0, 0.1) is 13.8 Å². The summed E-state index contributed by atoms with van der Waals surface area (Å²) < 4.78 is 4.69. The fourth-order valence-electron chi connectivity index (χ4n) is 2.79. The molecule has 0 bridgehead atoms. The van der Waals surface area contributed by atoms with E-state index in [-0.39, 0.29) is 11.9 Å². The van der Waals surface area contributed by atoms with Crippen molar-refractivity contribution in [3.63, 3.8) is 0 Å². The first kappa shape index (κ1) is 18.5. The van der Waals surface area contributed by atoms with Gasteiger partial charge in [-0.2, -0.15) is 0 Å². The van der Waals surface area contributed by atoms with E-state index in [1.807, 2.05) is 32.0 Å². The number of nitrogens with zero attached hydrogens (tertiary/aromatic N) is 3. The second-order valence-electron chi connectivity index (χ2n) is 6.45. The van der Waals surface area contributed by atoms with Crippen LogP contribution in [0.15, 0.2) is 42.5 Å². The number of esters is 1. The molecule has 138 valence electrons. The molecule has 0 radical (unpaired) electrons. The predicted octanol–water partition coefficient (Wildman–Crippen LogP) is 3.31. The lowest BCUT2D eigenvalue weighted by molar-refractivity contribution is 0.0600. The number of rotatable bonds is 4. The van der Waals surface area contributed by atoms with Gasteiger partial charge in [0.15, 0.2) is 0 Å². The van der Waals surface area contributed by atoms with E-state index in [4.69, 9.17) is 0 Å². The zero-order chi connectivity index (χ0) is 19.6. The van der Waals surface area contributed by atoms with E-state index in [0.29, 0.717) is 23.2 Å². The normalized spacial score (nSPS) is 10.7. The number of carbonyl (C=O) groups excluding carboxylic acids is 2. The van der Waals surface area contributed by atoms with Crippen LogP contribution < -0.4 is 0 Å². The van der Waals surface area contributed by atoms with Crippen molar-refractivity contribution in [2.75, 3.05) is 14.2 Å². The molecule has 0 atom stereocenters. The molecular weight excluding hydrogens is 342 g/mol. The minimum absolute atomic E-state index is 0.103. The number of amides is 1. The summed E-state index contributed by atoms with van der Waals surface area (Å²) in [5, 5.41) is 0. The Bertz CT molecular complexity index is 1010. The monoisotopic (exact) mass is 363 g/mol. The van der Waals surface area contributed by atoms with Crippen LogP contribution in [0.3, 0.4) is 0 Å². The second kappa shape index (κ2) is 7.53. The molecule has 0 fully saturated rings. The lowest BCUT2D eigenvalue weighted by atomic mass is 10.1. The summed E-state index contributed by atoms with van der Waals surface area (Å²) in [4.78, 5) is 34.9. The van der Waals surface area contributed by atoms with Gasteiger partial charge in [0.1, 0.15) is 0 Å². The number of hydrogen-bond acceptors (Lipinski definition) is 5. The van der Waals surface area contributed by atoms with Gasteiger partial charge >= 0.3 is 5.97 Å². The summed E-state index contributed by atoms with van der Waals surface area (Å²) in [5.74, 6) is -0.484. The van der Waals surface area contributed by atoms with E-state index in [2.05, 4.69) is 14.7 Å². The fraction of sp³-hybridized carbons (Fsp3) is 0.238. The maximum atomic E-state index is 12.8. The van der Waals surface area contributed by atoms with E-state index in [1.54, 1.807) is 36.2 Å². The van der Waals surface area contributed by atoms with E-state index in [9.17, 15) is 9.59 Å². The van der Waals surface area contributed by atoms with Crippen LogP contribution in [0.1, 0.15) is 37.7 Å². The number of aryl methyl sites for hydroxylation is 2. The lowest BCUT2D eigenvalue weighted by Gasteiger charge is -2.18. The average Bonchev–Trinajstić information content (AvgIpc) is 2.68. The van der Waals surface area contributed by atoms with Gasteiger partial charge in [0, 0.05) is 19.2 Å². The van der Waals surface area contributed by atoms with Gasteiger partial charge in [-0.1, -0.05) is 12.1 Å². The standard InChI is InChI=1S/C21H21N3O3/c1-13-14(2)23-19-11-17(9-10-18(19)22-13)20(25)24(3)12-15-5-7-16(8-6-15)21(26)27-4/h5-11H,12H2,1-4H3. The molecule has 0 aliphatic heterocycles. The van der Waals surface area contributed by atoms with Crippen molar-refractivity contribution in [1.82, 2.24) is 14.9 Å². The Balaban J connectivity index is 1.77. The molecule has 27 heavy (non-hydrogen) atoms. The number of carbonyl (C=O) groups is 2. The van der Waals surface area contributed by atoms with Crippen LogP contribution in [0.4, 0.5) is 0 Å². The highest BCUT2D eigenvalue weighted by Gasteiger charge is 2.14. The third-order valence-electron chi connectivity index (χ3n) is 4.46. The van der Waals surface area contributed by atoms with Crippen LogP contribution >= 0.6 is 0 Å². The van der Waals surface area contributed by atoms with Gasteiger partial charge < -0.3 is 9.64 Å². The maximum absolute atomic E-state index is 12.8. The number of benzene rings is 2. The fourth-order valence-corrected chi connectivity index (χ4v) is 2.79. The molecule has 6 nitrogen and oxygen atoms in total. The summed E-state index contributed by atoms with van der Waals surface area (Å²) in [6.45, 7) is 4.25. The topological polar surface area (TPSA) is 72.4 Å². The van der Waals surface area contributed by atoms with Crippen molar-refractivity contribution < 1.29 is 14.3 Å². The summed E-state index contributed by atoms with van der Waals surface area (Å²) in [5.41, 5.74) is 5.18. The Kier molecular flexibility index (Phi) is 5.16. The minimum atomic E-state index is -0.381. The molecule has 1 heterocycles. The van der Waals surface area contributed by atoms with Crippen LogP contribution in [0.2, 0.25) is 0 Å². The predicted molar refractivity (Wildman–Crippen MR) is 103 cm³/mol. The third-order valence-corrected chi connectivity index (χ3v) is 4.46. The SMILES string of the molecule is COC(=O)c1ccc(CN(C)C(=O)c2ccc3nc(C)c(C)nc3c2)cc1. The van der Waals surface area contributed by atoms with Gasteiger partial charge in [0.2, 0.25) is 0 Å². The molecule has 0 saturated heterocycles. The largest absolute Gasteiger partial charge is 0.465 e. The molecule has 1 amide bonds. The quantitative estimate of drug-likeness (QED) is 0.665. The third kappa shape index (κ3) is 3.95. The number of hydrogen-bond donors (Lipinski definition) is 0. The van der Waals surface area contributed by atoms with Crippen LogP contribution in [-0.4, -0.2) is 40.9 Å². The highest BCUT2D eigenvalue weighted by Crippen LogP contribution is 2.16. The zero-order valence-electron chi connectivity index (χ0n) is 15.8. The molecule has 0 aliphatic rings. The Hall–Kier alpha value is -3.28. The molecule has 3 aromatic rings. The van der Waals surface area contributed by atoms with Crippen molar-refractivity contribution in [3.8, 4) is 0 Å². The smallest absolute Gasteiger partial charge is 0.337 e. The van der Waals surface area contributed by atoms with Gasteiger partial charge in [-0.25, -0.2) is 14.8 Å². The van der Waals surface area contributed by atoms with Gasteiger partial charge in [0.05, 0.1) is 35.1 Å². The molecule has 2 aromatic carbocycles. The first-order valence-electron chi connectivity index (χ1n) is 8.57. The highest BCUT2D eigenvalue weighted by atomic mass is 16.5. The van der Waals surface area contributed by atoms with Crippen LogP contribution in [-0.2, 0) is 11.3 Å². The van der Waals surface area contributed by atoms with Crippen LogP contribution in [0.5, 0.6) is 0 Å². The highest BCUT2D eigenvalue weighted by molar-refractivity contribution is 5.97. The van der Waals surface area contributed by atoms with Gasteiger partial charge in [-0.15, -0.1) is 0 Å². The van der Waals surface area contributed by atoms with E-state index in [1.165, 1.54) is 7.11 Å². The van der Waals surface area contributed by atoms with Crippen molar-refractivity contribution in [1.29, 1.82) is 0 Å². The molecule has 6 heteroatoms. The van der Waals surface area contributed by atoms with Crippen molar-refractivity contribution >= 4 is 22.9 Å². The summed E-state index contributed by atoms with van der Waals surface area (Å²) in [6.07, 6.45) is 0. The zero-order valence-corrected chi connectivity index (χ0v) is 15.8. The van der Waals surface area contributed by atoms with Gasteiger partial charge in [-0.05, 0) is 49.7 Å². The molecule has 0 unspecified atom stereocenters. The number of aromatic nitrogens is 2. The summed E-state index contributed by atoms with van der Waals surface area (Å²) in [7, 11) is 3.09. The van der Waals surface area contributed by atoms with E-state index < -0.39 is 0 Å². The molecule has 0 saturated carbocycles. The maximum Gasteiger partial charge on any atom is 0.337 e. The first-order valence-corrected chi connectivity index (χ1v) is 8.57. The van der Waals surface area contributed by atoms with E-state index >= 15 is 0 Å². The second-order valence-corrected chi connectivity index (χ2v) is 6.45. The Labute approximate surface area is 157 Å². The summed E-state index contributed by atoms with van der Waals surface area (Å²) >= 11 is 0. The van der Waals surface area contributed by atoms with Crippen molar-refractivity contribution in [2.24, 2.45) is 0 Å². The molecule has 0 spiro atoms. The Morgan fingerprint density at radius 2 is 1.52 bits per heavy atom. The average molecular weight is 363 g/mol. The molecular formula is C21H21N3O3. The number of fused-ring (bicyclic) bond motifs is 1. The molecule has 1 aromatic heterocycles. The molecule has 0 aliphatic carbocycles. The lowest BCUT2D eigenvalue weighted by Crippen LogP contribution is -2.26. The van der Waals surface area contributed by atoms with Crippen molar-refractivity contribution in [2.45, 2.75) is 20.4 Å². The molecule has 3 rings (SSSR count). The van der Waals surface area contributed by atoms with Gasteiger partial charge in [0.25, 0.3) is 5.91 Å². The Morgan fingerprint density at radius 3 is 2.15 bits per heavy atom.